The van der Waals surface area contributed by atoms with Crippen LogP contribution in [-0.4, -0.2) is 60.3 Å². The van der Waals surface area contributed by atoms with Crippen LogP contribution < -0.4 is 11.1 Å². The molecule has 1 aliphatic carbocycles. The van der Waals surface area contributed by atoms with Crippen LogP contribution in [0, 0.1) is 5.41 Å². The van der Waals surface area contributed by atoms with Gasteiger partial charge in [0.25, 0.3) is 0 Å². The molecule has 1 aliphatic heterocycles. The van der Waals surface area contributed by atoms with Gasteiger partial charge < -0.3 is 20.7 Å². The highest BCUT2D eigenvalue weighted by molar-refractivity contribution is 6.30. The largest absolute Gasteiger partial charge is 0.376 e. The summed E-state index contributed by atoms with van der Waals surface area (Å²) >= 11 is 11.8. The molecule has 3 rings (SSSR count). The third-order valence-corrected chi connectivity index (χ3v) is 6.22. The predicted molar refractivity (Wildman–Crippen MR) is 114 cm³/mol. The first-order valence-electron chi connectivity index (χ1n) is 9.70. The number of benzene rings is 1. The van der Waals surface area contributed by atoms with E-state index in [1.165, 1.54) is 11.0 Å². The Morgan fingerprint density at radius 1 is 1.30 bits per heavy atom. The molecule has 1 heterocycles. The van der Waals surface area contributed by atoms with Gasteiger partial charge in [-0.3, -0.25) is 14.4 Å². The lowest BCUT2D eigenvalue weighted by molar-refractivity contribution is -0.151. The molecule has 3 amide bonds. The zero-order valence-electron chi connectivity index (χ0n) is 16.7. The molecule has 2 atom stereocenters. The van der Waals surface area contributed by atoms with Crippen LogP contribution in [0.5, 0.6) is 0 Å². The number of nitrogens with two attached hydrogens (primary N) is 1. The van der Waals surface area contributed by atoms with Crippen molar-refractivity contribution >= 4 is 40.9 Å². The van der Waals surface area contributed by atoms with Crippen molar-refractivity contribution in [1.82, 2.24) is 10.2 Å². The molecule has 0 spiro atoms. The van der Waals surface area contributed by atoms with Gasteiger partial charge in [0.15, 0.2) is 0 Å². The van der Waals surface area contributed by atoms with Gasteiger partial charge in [0.1, 0.15) is 11.5 Å². The molecule has 3 N–H and O–H groups in total. The van der Waals surface area contributed by atoms with Crippen molar-refractivity contribution in [3.8, 4) is 0 Å². The number of halogens is 2. The van der Waals surface area contributed by atoms with Gasteiger partial charge in [-0.05, 0) is 37.0 Å². The molecule has 0 radical (unpaired) electrons. The van der Waals surface area contributed by atoms with Crippen LogP contribution >= 0.6 is 23.2 Å². The first-order valence-corrected chi connectivity index (χ1v) is 10.6. The van der Waals surface area contributed by atoms with Crippen molar-refractivity contribution in [2.45, 2.75) is 30.9 Å². The first-order chi connectivity index (χ1) is 14.3. The number of hydrogen-bond acceptors (Lipinski definition) is 4. The zero-order valence-corrected chi connectivity index (χ0v) is 18.2. The lowest BCUT2D eigenvalue weighted by Crippen LogP contribution is -2.60. The summed E-state index contributed by atoms with van der Waals surface area (Å²) in [6.07, 6.45) is 4.82. The van der Waals surface area contributed by atoms with Crippen LogP contribution in [0.2, 0.25) is 5.02 Å². The summed E-state index contributed by atoms with van der Waals surface area (Å²) < 4.78 is 5.42. The smallest absolute Gasteiger partial charge is 0.246 e. The maximum absolute atomic E-state index is 13.4. The second kappa shape index (κ2) is 8.96. The van der Waals surface area contributed by atoms with Crippen LogP contribution in [0.15, 0.2) is 36.4 Å². The van der Waals surface area contributed by atoms with Gasteiger partial charge in [0.2, 0.25) is 17.7 Å². The van der Waals surface area contributed by atoms with Gasteiger partial charge in [0, 0.05) is 31.1 Å². The fourth-order valence-corrected chi connectivity index (χ4v) is 3.96. The van der Waals surface area contributed by atoms with E-state index < -0.39 is 23.3 Å². The normalized spacial score (nSPS) is 24.6. The number of methoxy groups -OCH3 is 1. The van der Waals surface area contributed by atoms with Gasteiger partial charge in [-0.1, -0.05) is 35.9 Å². The van der Waals surface area contributed by atoms with Gasteiger partial charge in [-0.2, -0.15) is 0 Å². The standard InChI is InChI=1S/C21H25Cl2N3O4/c1-30-20(8-9-20)13-25-17(27)16-6-7-21(18(24)28,19(29)26(16)11-10-22)12-14-2-4-15(23)5-3-14/h2-7,16H,8-13H2,1H3,(H2,24,28)(H,25,27). The number of alkyl halides is 1. The van der Waals surface area contributed by atoms with Gasteiger partial charge in [0.05, 0.1) is 5.60 Å². The number of carbonyl (C=O) groups excluding carboxylic acids is 3. The third kappa shape index (κ3) is 4.48. The predicted octanol–water partition coefficient (Wildman–Crippen LogP) is 1.66. The molecular weight excluding hydrogens is 429 g/mol. The van der Waals surface area contributed by atoms with Crippen molar-refractivity contribution in [1.29, 1.82) is 0 Å². The van der Waals surface area contributed by atoms with E-state index in [0.29, 0.717) is 11.6 Å². The van der Waals surface area contributed by atoms with E-state index in [-0.39, 0.29) is 30.4 Å². The molecule has 2 aliphatic rings. The van der Waals surface area contributed by atoms with E-state index in [1.54, 1.807) is 37.5 Å². The summed E-state index contributed by atoms with van der Waals surface area (Å²) in [6, 6.07) is 5.95. The molecule has 1 fully saturated rings. The highest BCUT2D eigenvalue weighted by Crippen LogP contribution is 2.38. The monoisotopic (exact) mass is 453 g/mol. The maximum Gasteiger partial charge on any atom is 0.246 e. The van der Waals surface area contributed by atoms with Crippen molar-refractivity contribution in [2.24, 2.45) is 11.1 Å². The third-order valence-electron chi connectivity index (χ3n) is 5.80. The van der Waals surface area contributed by atoms with Crippen LogP contribution in [0.25, 0.3) is 0 Å². The number of ether oxygens (including phenoxy) is 1. The summed E-state index contributed by atoms with van der Waals surface area (Å²) in [6.45, 7) is 0.467. The summed E-state index contributed by atoms with van der Waals surface area (Å²) in [5, 5.41) is 3.39. The number of nitrogens with zero attached hydrogens (tertiary/aromatic N) is 1. The Hall–Kier alpha value is -2.09. The molecular formula is C21H25Cl2N3O4. The minimum atomic E-state index is -1.60. The summed E-state index contributed by atoms with van der Waals surface area (Å²) in [4.78, 5) is 40.0. The van der Waals surface area contributed by atoms with Crippen molar-refractivity contribution < 1.29 is 19.1 Å². The summed E-state index contributed by atoms with van der Waals surface area (Å²) in [5.74, 6) is -1.56. The van der Waals surface area contributed by atoms with E-state index in [9.17, 15) is 14.4 Å². The molecule has 0 bridgehead atoms. The molecule has 30 heavy (non-hydrogen) atoms. The number of rotatable bonds is 9. The molecule has 7 nitrogen and oxygen atoms in total. The Balaban J connectivity index is 1.86. The van der Waals surface area contributed by atoms with Crippen molar-refractivity contribution in [2.75, 3.05) is 26.1 Å². The molecule has 1 aromatic rings. The second-order valence-electron chi connectivity index (χ2n) is 7.74. The van der Waals surface area contributed by atoms with Crippen LogP contribution in [0.3, 0.4) is 0 Å². The maximum atomic E-state index is 13.4. The second-order valence-corrected chi connectivity index (χ2v) is 8.55. The molecule has 1 saturated carbocycles. The molecule has 0 saturated heterocycles. The lowest BCUT2D eigenvalue weighted by atomic mass is 9.76. The van der Waals surface area contributed by atoms with E-state index in [4.69, 9.17) is 33.7 Å². The first kappa shape index (κ1) is 22.6. The fraction of sp³-hybridized carbons (Fsp3) is 0.476. The van der Waals surface area contributed by atoms with Gasteiger partial charge in [-0.15, -0.1) is 11.6 Å². The molecule has 2 unspecified atom stereocenters. The van der Waals surface area contributed by atoms with Crippen molar-refractivity contribution in [3.05, 3.63) is 47.0 Å². The van der Waals surface area contributed by atoms with Crippen LogP contribution in [0.4, 0.5) is 0 Å². The SMILES string of the molecule is COC1(CNC(=O)C2C=CC(Cc3ccc(Cl)cc3)(C(N)=O)C(=O)N2CCCl)CC1. The highest BCUT2D eigenvalue weighted by atomic mass is 35.5. The lowest BCUT2D eigenvalue weighted by Gasteiger charge is -2.40. The van der Waals surface area contributed by atoms with Crippen LogP contribution in [-0.2, 0) is 25.5 Å². The number of amides is 3. The molecule has 0 aromatic heterocycles. The fourth-order valence-electron chi connectivity index (χ4n) is 3.65. The average molecular weight is 454 g/mol. The summed E-state index contributed by atoms with van der Waals surface area (Å²) in [7, 11) is 1.61. The Labute approximate surface area is 185 Å². The Kier molecular flexibility index (Phi) is 6.75. The van der Waals surface area contributed by atoms with Gasteiger partial charge in [-0.25, -0.2) is 0 Å². The summed E-state index contributed by atoms with van der Waals surface area (Å²) in [5.41, 5.74) is 4.49. The molecule has 162 valence electrons. The zero-order chi connectivity index (χ0) is 21.9. The number of hydrogen-bond donors (Lipinski definition) is 2. The number of primary amides is 1. The minimum Gasteiger partial charge on any atom is -0.376 e. The van der Waals surface area contributed by atoms with Gasteiger partial charge >= 0.3 is 0 Å². The Morgan fingerprint density at radius 2 is 1.97 bits per heavy atom. The topological polar surface area (TPSA) is 102 Å². The van der Waals surface area contributed by atoms with E-state index in [0.717, 1.165) is 18.4 Å². The van der Waals surface area contributed by atoms with Crippen LogP contribution in [0.1, 0.15) is 18.4 Å². The molecule has 1 aromatic carbocycles. The average Bonchev–Trinajstić information content (AvgIpc) is 3.51. The van der Waals surface area contributed by atoms with Crippen molar-refractivity contribution in [3.63, 3.8) is 0 Å². The number of nitrogens with one attached hydrogen (secondary N) is 1. The Bertz CT molecular complexity index is 854. The highest BCUT2D eigenvalue weighted by Gasteiger charge is 2.50. The minimum absolute atomic E-state index is 0.0642. The Morgan fingerprint density at radius 3 is 2.50 bits per heavy atom. The molecule has 9 heteroatoms. The number of carbonyl (C=O) groups is 3. The van der Waals surface area contributed by atoms with E-state index in [2.05, 4.69) is 5.32 Å². The van der Waals surface area contributed by atoms with E-state index in [1.807, 2.05) is 0 Å². The van der Waals surface area contributed by atoms with E-state index >= 15 is 0 Å². The quantitative estimate of drug-likeness (QED) is 0.337.